The molecule has 3 rings (SSSR count). The number of aryl methyl sites for hydroxylation is 2. The first-order valence-electron chi connectivity index (χ1n) is 8.93. The number of amides is 1. The smallest absolute Gasteiger partial charge is 0.291 e. The third-order valence-corrected chi connectivity index (χ3v) is 4.55. The van der Waals surface area contributed by atoms with Crippen LogP contribution >= 0.6 is 0 Å². The van der Waals surface area contributed by atoms with Crippen molar-refractivity contribution >= 4 is 11.4 Å². The van der Waals surface area contributed by atoms with Gasteiger partial charge in [0.1, 0.15) is 24.1 Å². The number of hydrogen-bond donors (Lipinski definition) is 0. The number of para-hydroxylation sites is 1. The molecule has 0 N–H and O–H groups in total. The van der Waals surface area contributed by atoms with E-state index in [-0.39, 0.29) is 18.0 Å². The molecule has 0 saturated heterocycles. The summed E-state index contributed by atoms with van der Waals surface area (Å²) in [5, 5.41) is 4.05. The number of rotatable bonds is 7. The van der Waals surface area contributed by atoms with Crippen molar-refractivity contribution in [1.29, 1.82) is 0 Å². The average Bonchev–Trinajstić information content (AvgIpc) is 3.12. The van der Waals surface area contributed by atoms with Crippen molar-refractivity contribution in [3.05, 3.63) is 64.3 Å². The van der Waals surface area contributed by atoms with E-state index >= 15 is 0 Å². The van der Waals surface area contributed by atoms with Gasteiger partial charge in [0.15, 0.2) is 0 Å². The molecule has 27 heavy (non-hydrogen) atoms. The van der Waals surface area contributed by atoms with Gasteiger partial charge in [-0.3, -0.25) is 9.59 Å². The van der Waals surface area contributed by atoms with Crippen LogP contribution in [0.5, 0.6) is 5.75 Å². The van der Waals surface area contributed by atoms with Crippen LogP contribution in [0.1, 0.15) is 17.5 Å². The first kappa shape index (κ1) is 18.7. The lowest BCUT2D eigenvalue weighted by Gasteiger charge is -2.18. The zero-order valence-electron chi connectivity index (χ0n) is 15.9. The summed E-state index contributed by atoms with van der Waals surface area (Å²) in [4.78, 5) is 26.3. The summed E-state index contributed by atoms with van der Waals surface area (Å²) in [6.07, 6.45) is 3.98. The highest BCUT2D eigenvalue weighted by Crippen LogP contribution is 2.22. The van der Waals surface area contributed by atoms with Crippen molar-refractivity contribution in [2.75, 3.05) is 20.2 Å². The van der Waals surface area contributed by atoms with E-state index in [4.69, 9.17) is 4.74 Å². The number of ether oxygens (including phenoxy) is 1. The Bertz CT molecular complexity index is 986. The molecule has 0 aliphatic heterocycles. The normalized spacial score (nSPS) is 10.9. The van der Waals surface area contributed by atoms with Gasteiger partial charge in [-0.1, -0.05) is 18.2 Å². The Morgan fingerprint density at radius 3 is 2.67 bits per heavy atom. The molecule has 1 amide bonds. The number of aromatic nitrogens is 3. The number of benzene rings is 1. The molecule has 0 atom stereocenters. The fourth-order valence-electron chi connectivity index (χ4n) is 2.97. The molecular weight excluding hydrogens is 344 g/mol. The van der Waals surface area contributed by atoms with Gasteiger partial charge in [-0.25, -0.2) is 4.68 Å². The van der Waals surface area contributed by atoms with Crippen LogP contribution in [-0.4, -0.2) is 45.2 Å². The highest BCUT2D eigenvalue weighted by molar-refractivity contribution is 5.75. The van der Waals surface area contributed by atoms with Crippen molar-refractivity contribution in [2.45, 2.75) is 26.8 Å². The molecule has 2 aromatic heterocycles. The van der Waals surface area contributed by atoms with Crippen LogP contribution in [0.4, 0.5) is 0 Å². The summed E-state index contributed by atoms with van der Waals surface area (Å²) in [5.74, 6) is 0.746. The number of nitrogens with zero attached hydrogens (tertiary/aromatic N) is 4. The Kier molecular flexibility index (Phi) is 5.59. The second kappa shape index (κ2) is 8.07. The lowest BCUT2D eigenvalue weighted by Crippen LogP contribution is -2.36. The minimum atomic E-state index is -0.275. The molecule has 1 aromatic carbocycles. The molecule has 0 saturated carbocycles. The van der Waals surface area contributed by atoms with E-state index in [9.17, 15) is 9.59 Å². The molecule has 0 fully saturated rings. The van der Waals surface area contributed by atoms with Gasteiger partial charge in [0.05, 0.1) is 6.61 Å². The van der Waals surface area contributed by atoms with E-state index in [1.165, 1.54) is 11.0 Å². The number of hydrogen-bond acceptors (Lipinski definition) is 4. The monoisotopic (exact) mass is 368 g/mol. The average molecular weight is 368 g/mol. The summed E-state index contributed by atoms with van der Waals surface area (Å²) in [7, 11) is 1.72. The zero-order valence-corrected chi connectivity index (χ0v) is 15.9. The van der Waals surface area contributed by atoms with E-state index in [2.05, 4.69) is 5.10 Å². The second-order valence-corrected chi connectivity index (χ2v) is 6.63. The Balaban J connectivity index is 1.52. The van der Waals surface area contributed by atoms with Gasteiger partial charge in [0.25, 0.3) is 5.56 Å². The molecule has 0 bridgehead atoms. The molecule has 0 aliphatic carbocycles. The fourth-order valence-corrected chi connectivity index (χ4v) is 2.97. The number of fused-ring (bicyclic) bond motifs is 1. The predicted molar refractivity (Wildman–Crippen MR) is 103 cm³/mol. The Morgan fingerprint density at radius 2 is 1.93 bits per heavy atom. The summed E-state index contributed by atoms with van der Waals surface area (Å²) < 4.78 is 8.70. The lowest BCUT2D eigenvalue weighted by molar-refractivity contribution is -0.130. The Morgan fingerprint density at radius 1 is 1.19 bits per heavy atom. The first-order chi connectivity index (χ1) is 13.0. The molecule has 0 radical (unpaired) electrons. The molecule has 7 nitrogen and oxygen atoms in total. The largest absolute Gasteiger partial charge is 0.493 e. The first-order valence-corrected chi connectivity index (χ1v) is 8.93. The van der Waals surface area contributed by atoms with E-state index < -0.39 is 0 Å². The maximum Gasteiger partial charge on any atom is 0.291 e. The summed E-state index contributed by atoms with van der Waals surface area (Å²) in [5.41, 5.74) is 2.43. The van der Waals surface area contributed by atoms with Crippen molar-refractivity contribution in [2.24, 2.45) is 0 Å². The Labute approximate surface area is 157 Å². The van der Waals surface area contributed by atoms with Crippen LogP contribution in [0.15, 0.2) is 47.7 Å². The van der Waals surface area contributed by atoms with E-state index in [1.54, 1.807) is 34.7 Å². The van der Waals surface area contributed by atoms with E-state index in [0.29, 0.717) is 25.1 Å². The van der Waals surface area contributed by atoms with E-state index in [0.717, 1.165) is 16.9 Å². The van der Waals surface area contributed by atoms with Gasteiger partial charge < -0.3 is 14.0 Å². The zero-order chi connectivity index (χ0) is 19.4. The number of carbonyl (C=O) groups is 1. The SMILES string of the molecule is Cc1cccc(C)c1OCCCN(C)C(=O)Cn1ncn2cccc2c1=O. The van der Waals surface area contributed by atoms with Gasteiger partial charge in [0.2, 0.25) is 5.91 Å². The maximum absolute atomic E-state index is 12.4. The predicted octanol–water partition coefficient (Wildman–Crippen LogP) is 2.04. The van der Waals surface area contributed by atoms with Crippen LogP contribution in [0, 0.1) is 13.8 Å². The summed E-state index contributed by atoms with van der Waals surface area (Å²) >= 11 is 0. The molecular formula is C20H24N4O3. The van der Waals surface area contributed by atoms with Crippen LogP contribution in [0.25, 0.3) is 5.52 Å². The van der Waals surface area contributed by atoms with Crippen LogP contribution in [-0.2, 0) is 11.3 Å². The Hall–Kier alpha value is -3.09. The van der Waals surface area contributed by atoms with Gasteiger partial charge in [-0.2, -0.15) is 5.10 Å². The summed E-state index contributed by atoms with van der Waals surface area (Å²) in [6.45, 7) is 5.04. The minimum absolute atomic E-state index is 0.0746. The molecule has 0 aliphatic rings. The van der Waals surface area contributed by atoms with Crippen LogP contribution in [0.3, 0.4) is 0 Å². The van der Waals surface area contributed by atoms with Crippen molar-refractivity contribution in [3.8, 4) is 5.75 Å². The standard InChI is InChI=1S/C20H24N4O3/c1-15-7-4-8-16(2)19(15)27-12-6-10-22(3)18(25)13-24-20(26)17-9-5-11-23(17)14-21-24/h4-5,7-9,11,14H,6,10,12-13H2,1-3H3. The van der Waals surface area contributed by atoms with Crippen molar-refractivity contribution < 1.29 is 9.53 Å². The summed E-state index contributed by atoms with van der Waals surface area (Å²) in [6, 6.07) is 9.52. The van der Waals surface area contributed by atoms with Crippen molar-refractivity contribution in [1.82, 2.24) is 19.1 Å². The molecule has 2 heterocycles. The third kappa shape index (κ3) is 4.19. The third-order valence-electron chi connectivity index (χ3n) is 4.55. The van der Waals surface area contributed by atoms with Gasteiger partial charge in [0, 0.05) is 19.8 Å². The number of likely N-dealkylation sites (N-methyl/N-ethyl adjacent to an activating group) is 1. The molecule has 0 unspecified atom stereocenters. The topological polar surface area (TPSA) is 68.8 Å². The van der Waals surface area contributed by atoms with Gasteiger partial charge >= 0.3 is 0 Å². The molecule has 0 spiro atoms. The maximum atomic E-state index is 12.4. The highest BCUT2D eigenvalue weighted by Gasteiger charge is 2.13. The molecule has 3 aromatic rings. The van der Waals surface area contributed by atoms with Gasteiger partial charge in [-0.15, -0.1) is 0 Å². The van der Waals surface area contributed by atoms with E-state index in [1.807, 2.05) is 32.0 Å². The lowest BCUT2D eigenvalue weighted by atomic mass is 10.1. The quantitative estimate of drug-likeness (QED) is 0.599. The van der Waals surface area contributed by atoms with Crippen LogP contribution < -0.4 is 10.3 Å². The fraction of sp³-hybridized carbons (Fsp3) is 0.350. The second-order valence-electron chi connectivity index (χ2n) is 6.63. The number of carbonyl (C=O) groups excluding carboxylic acids is 1. The molecule has 7 heteroatoms. The van der Waals surface area contributed by atoms with Gasteiger partial charge in [-0.05, 0) is 43.5 Å². The molecule has 142 valence electrons. The van der Waals surface area contributed by atoms with Crippen LogP contribution in [0.2, 0.25) is 0 Å². The highest BCUT2D eigenvalue weighted by atomic mass is 16.5. The minimum Gasteiger partial charge on any atom is -0.493 e. The van der Waals surface area contributed by atoms with Crippen molar-refractivity contribution in [3.63, 3.8) is 0 Å².